The van der Waals surface area contributed by atoms with Gasteiger partial charge in [-0.3, -0.25) is 0 Å². The highest BCUT2D eigenvalue weighted by molar-refractivity contribution is 6.21. The van der Waals surface area contributed by atoms with Crippen LogP contribution >= 0.6 is 0 Å². The van der Waals surface area contributed by atoms with Crippen molar-refractivity contribution >= 4 is 10.8 Å². The molecule has 1 spiro atoms. The molecule has 0 saturated heterocycles. The number of hydrogen-bond acceptors (Lipinski definition) is 2. The minimum Gasteiger partial charge on any atom is -0.228 e. The lowest BCUT2D eigenvalue weighted by Crippen LogP contribution is -2.26. The lowest BCUT2D eigenvalue weighted by molar-refractivity contribution is 0.794. The Morgan fingerprint density at radius 3 is 1.42 bits per heavy atom. The van der Waals surface area contributed by atoms with Gasteiger partial charge in [-0.2, -0.15) is 0 Å². The van der Waals surface area contributed by atoms with Crippen molar-refractivity contribution in [3.8, 4) is 78.4 Å². The predicted octanol–water partition coefficient (Wildman–Crippen LogP) is 12.6. The Kier molecular flexibility index (Phi) is 5.73. The van der Waals surface area contributed by atoms with Gasteiger partial charge in [0, 0.05) is 22.3 Å². The van der Waals surface area contributed by atoms with Gasteiger partial charge >= 0.3 is 0 Å². The molecule has 0 unspecified atom stereocenters. The Balaban J connectivity index is 1.29. The minimum absolute atomic E-state index is 0.495. The summed E-state index contributed by atoms with van der Waals surface area (Å²) in [6.07, 6.45) is 0. The molecule has 3 aliphatic rings. The van der Waals surface area contributed by atoms with Gasteiger partial charge in [0.05, 0.1) is 16.8 Å². The van der Waals surface area contributed by atoms with Crippen LogP contribution in [0.25, 0.3) is 89.2 Å². The first-order chi connectivity index (χ1) is 26.3. The van der Waals surface area contributed by atoms with Crippen LogP contribution in [0, 0.1) is 0 Å². The molecule has 1 aromatic heterocycles. The molecule has 0 radical (unpaired) electrons. The second-order valence-electron chi connectivity index (χ2n) is 14.4. The number of benzene rings is 8. The smallest absolute Gasteiger partial charge is 0.161 e. The van der Waals surface area contributed by atoms with Crippen LogP contribution in [0.3, 0.4) is 0 Å². The zero-order chi connectivity index (χ0) is 34.7. The van der Waals surface area contributed by atoms with E-state index in [-0.39, 0.29) is 0 Å². The van der Waals surface area contributed by atoms with Crippen LogP contribution in [0.1, 0.15) is 22.3 Å². The van der Waals surface area contributed by atoms with Crippen LogP contribution in [-0.2, 0) is 5.41 Å². The van der Waals surface area contributed by atoms with Gasteiger partial charge in [0.1, 0.15) is 0 Å². The SMILES string of the molecule is c1ccc(-c2cc(-c3ccccc3)nc(-c3c4c(cc5c3-c3ccccc3C53c5ccccc5-c5ccccc53)-c3cccc5cccc-4c35)n2)cc1. The zero-order valence-electron chi connectivity index (χ0n) is 28.7. The average Bonchev–Trinajstić information content (AvgIpc) is 3.83. The molecular weight excluding hydrogens is 641 g/mol. The summed E-state index contributed by atoms with van der Waals surface area (Å²) in [5.74, 6) is 0.745. The molecule has 0 amide bonds. The second-order valence-corrected chi connectivity index (χ2v) is 14.4. The van der Waals surface area contributed by atoms with Crippen LogP contribution in [-0.4, -0.2) is 9.97 Å². The molecule has 3 aliphatic carbocycles. The van der Waals surface area contributed by atoms with Crippen LogP contribution in [0.5, 0.6) is 0 Å². The molecule has 244 valence electrons. The van der Waals surface area contributed by atoms with Gasteiger partial charge in [-0.15, -0.1) is 0 Å². The number of fused-ring (bicyclic) bond motifs is 13. The highest BCUT2D eigenvalue weighted by atomic mass is 14.9. The van der Waals surface area contributed by atoms with Gasteiger partial charge in [-0.1, -0.05) is 170 Å². The third-order valence-corrected chi connectivity index (χ3v) is 11.8. The van der Waals surface area contributed by atoms with E-state index in [1.54, 1.807) is 0 Å². The van der Waals surface area contributed by atoms with E-state index in [4.69, 9.17) is 9.97 Å². The van der Waals surface area contributed by atoms with E-state index in [9.17, 15) is 0 Å². The molecule has 2 nitrogen and oxygen atoms in total. The highest BCUT2D eigenvalue weighted by Gasteiger charge is 2.53. The quantitative estimate of drug-likeness (QED) is 0.187. The number of hydrogen-bond donors (Lipinski definition) is 0. The average molecular weight is 671 g/mol. The molecule has 0 N–H and O–H groups in total. The van der Waals surface area contributed by atoms with Crippen molar-refractivity contribution in [1.29, 1.82) is 0 Å². The van der Waals surface area contributed by atoms with E-state index < -0.39 is 5.41 Å². The lowest BCUT2D eigenvalue weighted by atomic mass is 9.70. The first-order valence-electron chi connectivity index (χ1n) is 18.3. The first-order valence-corrected chi connectivity index (χ1v) is 18.3. The maximum absolute atomic E-state index is 5.55. The third kappa shape index (κ3) is 3.72. The molecule has 0 aliphatic heterocycles. The fraction of sp³-hybridized carbons (Fsp3) is 0.0196. The van der Waals surface area contributed by atoms with Crippen LogP contribution in [0.4, 0.5) is 0 Å². The Bertz CT molecular complexity index is 2890. The van der Waals surface area contributed by atoms with Gasteiger partial charge < -0.3 is 0 Å². The summed E-state index contributed by atoms with van der Waals surface area (Å²) in [7, 11) is 0. The van der Waals surface area contributed by atoms with E-state index in [2.05, 4.69) is 182 Å². The normalized spacial score (nSPS) is 13.4. The van der Waals surface area contributed by atoms with Crippen LogP contribution in [0.15, 0.2) is 182 Å². The molecule has 8 aromatic carbocycles. The van der Waals surface area contributed by atoms with Crippen molar-refractivity contribution in [2.24, 2.45) is 0 Å². The molecule has 12 rings (SSSR count). The summed E-state index contributed by atoms with van der Waals surface area (Å²) in [6, 6.07) is 66.3. The van der Waals surface area contributed by atoms with Gasteiger partial charge in [-0.25, -0.2) is 9.97 Å². The molecule has 0 saturated carbocycles. The number of nitrogens with zero attached hydrogens (tertiary/aromatic N) is 2. The summed E-state index contributed by atoms with van der Waals surface area (Å²) < 4.78 is 0. The van der Waals surface area contributed by atoms with Gasteiger partial charge in [0.2, 0.25) is 0 Å². The van der Waals surface area contributed by atoms with E-state index in [1.807, 2.05) is 0 Å². The molecule has 53 heavy (non-hydrogen) atoms. The zero-order valence-corrected chi connectivity index (χ0v) is 28.7. The molecule has 1 heterocycles. The van der Waals surface area contributed by atoms with E-state index in [0.29, 0.717) is 0 Å². The van der Waals surface area contributed by atoms with Gasteiger partial charge in [0.15, 0.2) is 5.82 Å². The van der Waals surface area contributed by atoms with E-state index >= 15 is 0 Å². The van der Waals surface area contributed by atoms with Crippen molar-refractivity contribution in [3.05, 3.63) is 204 Å². The Hall–Kier alpha value is -6.90. The fourth-order valence-electron chi connectivity index (χ4n) is 9.81. The Morgan fingerprint density at radius 2 is 0.811 bits per heavy atom. The van der Waals surface area contributed by atoms with Crippen molar-refractivity contribution in [2.75, 3.05) is 0 Å². The fourth-order valence-corrected chi connectivity index (χ4v) is 9.81. The largest absolute Gasteiger partial charge is 0.228 e. The second kappa shape index (κ2) is 10.6. The van der Waals surface area contributed by atoms with Crippen molar-refractivity contribution < 1.29 is 0 Å². The molecule has 2 heteroatoms. The van der Waals surface area contributed by atoms with Gasteiger partial charge in [-0.05, 0) is 84.1 Å². The van der Waals surface area contributed by atoms with Crippen LogP contribution in [0.2, 0.25) is 0 Å². The van der Waals surface area contributed by atoms with Crippen molar-refractivity contribution in [1.82, 2.24) is 9.97 Å². The van der Waals surface area contributed by atoms with Crippen LogP contribution < -0.4 is 0 Å². The number of rotatable bonds is 3. The topological polar surface area (TPSA) is 25.8 Å². The summed E-state index contributed by atoms with van der Waals surface area (Å²) in [4.78, 5) is 11.1. The summed E-state index contributed by atoms with van der Waals surface area (Å²) in [5, 5.41) is 2.55. The monoisotopic (exact) mass is 670 g/mol. The molecule has 0 atom stereocenters. The maximum Gasteiger partial charge on any atom is 0.161 e. The highest BCUT2D eigenvalue weighted by Crippen LogP contribution is 2.66. The standard InChI is InChI=1S/C51H30N2/c1-3-15-31(16-4-1)44-30-45(32-17-5-2-6-18-32)53-50(52-44)49-47-38-25-14-20-33-19-13-24-36(46(33)38)39(47)29-43-48(49)37-23-9-12-28-42(37)51(43)40-26-10-7-21-34(40)35-22-8-11-27-41(35)51/h1-30H. The summed E-state index contributed by atoms with van der Waals surface area (Å²) in [6.45, 7) is 0. The van der Waals surface area contributed by atoms with E-state index in [1.165, 1.54) is 77.5 Å². The lowest BCUT2D eigenvalue weighted by Gasteiger charge is -2.31. The Morgan fingerprint density at radius 1 is 0.321 bits per heavy atom. The first kappa shape index (κ1) is 28.8. The third-order valence-electron chi connectivity index (χ3n) is 11.8. The molecule has 9 aromatic rings. The maximum atomic E-state index is 5.55. The summed E-state index contributed by atoms with van der Waals surface area (Å²) >= 11 is 0. The Labute approximate surface area is 307 Å². The summed E-state index contributed by atoms with van der Waals surface area (Å²) in [5.41, 5.74) is 19.9. The predicted molar refractivity (Wildman–Crippen MR) is 217 cm³/mol. The van der Waals surface area contributed by atoms with Gasteiger partial charge in [0.25, 0.3) is 0 Å². The number of aromatic nitrogens is 2. The molecular formula is C51H30N2. The van der Waals surface area contributed by atoms with Crippen molar-refractivity contribution in [2.45, 2.75) is 5.41 Å². The molecule has 0 bridgehead atoms. The van der Waals surface area contributed by atoms with Crippen molar-refractivity contribution in [3.63, 3.8) is 0 Å². The molecule has 0 fully saturated rings. The minimum atomic E-state index is -0.495. The van der Waals surface area contributed by atoms with E-state index in [0.717, 1.165) is 33.9 Å².